The average Bonchev–Trinajstić information content (AvgIpc) is 2.15. The smallest absolute Gasteiger partial charge is 0.0222 e. The number of piperidine rings is 1. The van der Waals surface area contributed by atoms with Crippen LogP contribution < -0.4 is 5.43 Å². The summed E-state index contributed by atoms with van der Waals surface area (Å²) >= 11 is 0. The lowest BCUT2D eigenvalue weighted by Gasteiger charge is -2.35. The Morgan fingerprint density at radius 1 is 1.06 bits per heavy atom. The normalized spacial score (nSPS) is 20.8. The highest BCUT2D eigenvalue weighted by atomic mass is 15.5. The fraction of sp³-hybridized carbons (Fsp3) is 1.00. The summed E-state index contributed by atoms with van der Waals surface area (Å²) in [6, 6.07) is 0.646. The molecular weight excluding hydrogens is 208 g/mol. The molecular formula is C15H32N2. The van der Waals surface area contributed by atoms with Crippen LogP contribution in [0.5, 0.6) is 0 Å². The lowest BCUT2D eigenvalue weighted by Crippen LogP contribution is -2.48. The summed E-state index contributed by atoms with van der Waals surface area (Å²) in [5.74, 6) is 0.777. The Bertz CT molecular complexity index is 199. The number of nitrogens with zero attached hydrogens (tertiary/aromatic N) is 1. The molecule has 0 amide bonds. The van der Waals surface area contributed by atoms with Gasteiger partial charge in [0.15, 0.2) is 0 Å². The van der Waals surface area contributed by atoms with E-state index in [0.717, 1.165) is 5.92 Å². The molecule has 1 unspecified atom stereocenters. The monoisotopic (exact) mass is 240 g/mol. The van der Waals surface area contributed by atoms with Crippen molar-refractivity contribution in [2.45, 2.75) is 72.8 Å². The van der Waals surface area contributed by atoms with Gasteiger partial charge < -0.3 is 0 Å². The topological polar surface area (TPSA) is 15.3 Å². The first-order chi connectivity index (χ1) is 7.87. The largest absolute Gasteiger partial charge is 0.252 e. The Morgan fingerprint density at radius 2 is 1.65 bits per heavy atom. The van der Waals surface area contributed by atoms with Gasteiger partial charge >= 0.3 is 0 Å². The molecule has 0 aromatic heterocycles. The van der Waals surface area contributed by atoms with Gasteiger partial charge in [-0.1, -0.05) is 41.0 Å². The van der Waals surface area contributed by atoms with Crippen LogP contribution in [0, 0.1) is 11.3 Å². The van der Waals surface area contributed by atoms with E-state index in [-0.39, 0.29) is 0 Å². The number of hydrogen-bond acceptors (Lipinski definition) is 2. The van der Waals surface area contributed by atoms with Gasteiger partial charge in [0.25, 0.3) is 0 Å². The zero-order chi connectivity index (χ0) is 12.9. The molecule has 1 aliphatic heterocycles. The molecule has 17 heavy (non-hydrogen) atoms. The lowest BCUT2D eigenvalue weighted by atomic mass is 9.85. The molecule has 2 heteroatoms. The molecule has 0 aromatic rings. The van der Waals surface area contributed by atoms with Gasteiger partial charge in [0, 0.05) is 19.1 Å². The third kappa shape index (κ3) is 7.05. The fourth-order valence-corrected chi connectivity index (χ4v) is 2.77. The Labute approximate surface area is 108 Å². The van der Waals surface area contributed by atoms with Crippen molar-refractivity contribution < 1.29 is 0 Å². The predicted octanol–water partition coefficient (Wildman–Crippen LogP) is 3.83. The van der Waals surface area contributed by atoms with Gasteiger partial charge in [-0.15, -0.1) is 0 Å². The maximum Gasteiger partial charge on any atom is 0.0222 e. The van der Waals surface area contributed by atoms with Gasteiger partial charge in [-0.3, -0.25) is 5.43 Å². The number of nitrogens with one attached hydrogen (secondary N) is 1. The minimum atomic E-state index is 0.419. The number of rotatable bonds is 5. The molecule has 2 nitrogen and oxygen atoms in total. The highest BCUT2D eigenvalue weighted by molar-refractivity contribution is 4.76. The van der Waals surface area contributed by atoms with E-state index in [4.69, 9.17) is 0 Å². The van der Waals surface area contributed by atoms with Crippen molar-refractivity contribution in [3.8, 4) is 0 Å². The van der Waals surface area contributed by atoms with Crippen LogP contribution in [-0.2, 0) is 0 Å². The third-order valence-electron chi connectivity index (χ3n) is 3.34. The molecule has 1 N–H and O–H groups in total. The lowest BCUT2D eigenvalue weighted by molar-refractivity contribution is 0.103. The molecule has 1 rings (SSSR count). The maximum atomic E-state index is 3.78. The van der Waals surface area contributed by atoms with E-state index in [0.29, 0.717) is 11.5 Å². The van der Waals surface area contributed by atoms with Crippen LogP contribution in [0.3, 0.4) is 0 Å². The second-order valence-electron chi connectivity index (χ2n) is 7.27. The Balaban J connectivity index is 2.44. The second kappa shape index (κ2) is 6.75. The molecule has 0 aromatic carbocycles. The third-order valence-corrected chi connectivity index (χ3v) is 3.34. The van der Waals surface area contributed by atoms with Crippen LogP contribution in [-0.4, -0.2) is 24.1 Å². The van der Waals surface area contributed by atoms with Crippen molar-refractivity contribution >= 4 is 0 Å². The summed E-state index contributed by atoms with van der Waals surface area (Å²) < 4.78 is 0. The van der Waals surface area contributed by atoms with E-state index in [1.807, 2.05) is 0 Å². The minimum absolute atomic E-state index is 0.419. The van der Waals surface area contributed by atoms with E-state index in [1.165, 1.54) is 45.2 Å². The van der Waals surface area contributed by atoms with Crippen LogP contribution in [0.1, 0.15) is 66.7 Å². The van der Waals surface area contributed by atoms with Gasteiger partial charge in [-0.25, -0.2) is 5.01 Å². The molecule has 1 fully saturated rings. The van der Waals surface area contributed by atoms with Gasteiger partial charge in [0.2, 0.25) is 0 Å². The standard InChI is InChI=1S/C15H32N2/c1-13(2)11-14(12-15(3,4)5)16-17-9-7-6-8-10-17/h13-14,16H,6-12H2,1-5H3. The van der Waals surface area contributed by atoms with Crippen molar-refractivity contribution in [2.24, 2.45) is 11.3 Å². The average molecular weight is 240 g/mol. The van der Waals surface area contributed by atoms with Crippen LogP contribution in [0.4, 0.5) is 0 Å². The summed E-state index contributed by atoms with van der Waals surface area (Å²) in [4.78, 5) is 0. The number of hydrazine groups is 1. The van der Waals surface area contributed by atoms with Crippen LogP contribution >= 0.6 is 0 Å². The zero-order valence-corrected chi connectivity index (χ0v) is 12.6. The maximum absolute atomic E-state index is 3.78. The first-order valence-electron chi connectivity index (χ1n) is 7.38. The van der Waals surface area contributed by atoms with E-state index in [1.54, 1.807) is 0 Å². The summed E-state index contributed by atoms with van der Waals surface area (Å²) in [6.45, 7) is 14.2. The Morgan fingerprint density at radius 3 is 2.12 bits per heavy atom. The summed E-state index contributed by atoms with van der Waals surface area (Å²) in [7, 11) is 0. The van der Waals surface area contributed by atoms with Crippen molar-refractivity contribution in [1.29, 1.82) is 0 Å². The first kappa shape index (κ1) is 15.0. The molecule has 0 saturated carbocycles. The van der Waals surface area contributed by atoms with E-state index in [9.17, 15) is 0 Å². The van der Waals surface area contributed by atoms with Gasteiger partial charge in [-0.2, -0.15) is 0 Å². The molecule has 0 aliphatic carbocycles. The quantitative estimate of drug-likeness (QED) is 0.785. The molecule has 0 bridgehead atoms. The second-order valence-corrected chi connectivity index (χ2v) is 7.27. The molecule has 102 valence electrons. The van der Waals surface area contributed by atoms with Crippen molar-refractivity contribution in [2.75, 3.05) is 13.1 Å². The van der Waals surface area contributed by atoms with E-state index < -0.39 is 0 Å². The summed E-state index contributed by atoms with van der Waals surface area (Å²) in [5, 5.41) is 2.46. The SMILES string of the molecule is CC(C)CC(CC(C)(C)C)NN1CCCCC1. The molecule has 0 radical (unpaired) electrons. The van der Waals surface area contributed by atoms with E-state index >= 15 is 0 Å². The van der Waals surface area contributed by atoms with Crippen molar-refractivity contribution in [1.82, 2.24) is 10.4 Å². The molecule has 1 heterocycles. The fourth-order valence-electron chi connectivity index (χ4n) is 2.77. The molecule has 0 spiro atoms. The van der Waals surface area contributed by atoms with Gasteiger partial charge in [0.1, 0.15) is 0 Å². The van der Waals surface area contributed by atoms with Crippen LogP contribution in [0.25, 0.3) is 0 Å². The summed E-state index contributed by atoms with van der Waals surface area (Å²) in [5.41, 5.74) is 4.20. The Kier molecular flexibility index (Phi) is 5.94. The van der Waals surface area contributed by atoms with Crippen LogP contribution in [0.2, 0.25) is 0 Å². The van der Waals surface area contributed by atoms with Crippen molar-refractivity contribution in [3.63, 3.8) is 0 Å². The van der Waals surface area contributed by atoms with Crippen molar-refractivity contribution in [3.05, 3.63) is 0 Å². The zero-order valence-electron chi connectivity index (χ0n) is 12.6. The van der Waals surface area contributed by atoms with Gasteiger partial charge in [0.05, 0.1) is 0 Å². The van der Waals surface area contributed by atoms with Gasteiger partial charge in [-0.05, 0) is 37.0 Å². The highest BCUT2D eigenvalue weighted by Crippen LogP contribution is 2.24. The number of hydrogen-bond donors (Lipinski definition) is 1. The van der Waals surface area contributed by atoms with E-state index in [2.05, 4.69) is 45.1 Å². The Hall–Kier alpha value is -0.0800. The molecule has 1 atom stereocenters. The minimum Gasteiger partial charge on any atom is -0.252 e. The predicted molar refractivity (Wildman–Crippen MR) is 75.9 cm³/mol. The first-order valence-corrected chi connectivity index (χ1v) is 7.38. The van der Waals surface area contributed by atoms with Crippen LogP contribution in [0.15, 0.2) is 0 Å². The molecule has 1 aliphatic rings. The molecule has 1 saturated heterocycles. The highest BCUT2D eigenvalue weighted by Gasteiger charge is 2.22. The summed E-state index contributed by atoms with van der Waals surface area (Å²) in [6.07, 6.45) is 6.68.